The number of hydrogen-bond donors (Lipinski definition) is 1. The lowest BCUT2D eigenvalue weighted by Crippen LogP contribution is -2.04. The van der Waals surface area contributed by atoms with Crippen LogP contribution in [0.1, 0.15) is 17.0 Å². The van der Waals surface area contributed by atoms with E-state index in [4.69, 9.17) is 24.5 Å². The smallest absolute Gasteiger partial charge is 0.162 e. The molecule has 2 rings (SSSR count). The van der Waals surface area contributed by atoms with Gasteiger partial charge in [-0.2, -0.15) is 0 Å². The second-order valence-corrected chi connectivity index (χ2v) is 4.53. The van der Waals surface area contributed by atoms with E-state index in [1.807, 2.05) is 18.2 Å². The van der Waals surface area contributed by atoms with Gasteiger partial charge < -0.3 is 24.5 Å². The van der Waals surface area contributed by atoms with Gasteiger partial charge >= 0.3 is 0 Å². The number of methoxy groups -OCH3 is 2. The molecule has 0 saturated carbocycles. The summed E-state index contributed by atoms with van der Waals surface area (Å²) in [6.07, 6.45) is 0.794. The molecule has 2 aromatic rings. The normalized spacial score (nSPS) is 10.6. The minimum atomic E-state index is 0.301. The molecule has 0 spiro atoms. The predicted molar refractivity (Wildman–Crippen MR) is 77.3 cm³/mol. The summed E-state index contributed by atoms with van der Waals surface area (Å²) in [5.41, 5.74) is 7.38. The molecule has 6 nitrogen and oxygen atoms in total. The van der Waals surface area contributed by atoms with Crippen LogP contribution in [0.15, 0.2) is 28.8 Å². The molecule has 0 aliphatic carbocycles. The van der Waals surface area contributed by atoms with Gasteiger partial charge in [0.25, 0.3) is 0 Å². The highest BCUT2D eigenvalue weighted by atomic mass is 16.5. The van der Waals surface area contributed by atoms with Crippen LogP contribution in [0, 0.1) is 0 Å². The molecule has 114 valence electrons. The van der Waals surface area contributed by atoms with Gasteiger partial charge in [-0.05, 0) is 30.7 Å². The third-order valence-electron chi connectivity index (χ3n) is 2.93. The van der Waals surface area contributed by atoms with Crippen molar-refractivity contribution in [2.75, 3.05) is 20.8 Å². The fourth-order valence-electron chi connectivity index (χ4n) is 1.94. The molecule has 1 heterocycles. The maximum absolute atomic E-state index is 5.76. The molecule has 1 aromatic heterocycles. The van der Waals surface area contributed by atoms with Crippen molar-refractivity contribution in [2.24, 2.45) is 5.73 Å². The molecule has 6 heteroatoms. The molecular weight excluding hydrogens is 272 g/mol. The van der Waals surface area contributed by atoms with Crippen LogP contribution in [0.25, 0.3) is 0 Å². The van der Waals surface area contributed by atoms with E-state index < -0.39 is 0 Å². The Morgan fingerprint density at radius 2 is 2.00 bits per heavy atom. The molecule has 1 aromatic carbocycles. The van der Waals surface area contributed by atoms with Crippen molar-refractivity contribution in [3.8, 4) is 11.5 Å². The van der Waals surface area contributed by atoms with Crippen LogP contribution in [-0.4, -0.2) is 25.9 Å². The summed E-state index contributed by atoms with van der Waals surface area (Å²) in [7, 11) is 3.21. The van der Waals surface area contributed by atoms with Crippen LogP contribution >= 0.6 is 0 Å². The minimum absolute atomic E-state index is 0.301. The molecule has 0 aliphatic rings. The molecule has 0 atom stereocenters. The van der Waals surface area contributed by atoms with Crippen LogP contribution < -0.4 is 15.2 Å². The first-order valence-electron chi connectivity index (χ1n) is 6.70. The SMILES string of the molecule is COCc1cc(COc2cc(CCN)ccc2OC)no1. The van der Waals surface area contributed by atoms with E-state index in [2.05, 4.69) is 5.16 Å². The molecule has 0 unspecified atom stereocenters. The predicted octanol–water partition coefficient (Wildman–Crippen LogP) is 1.91. The monoisotopic (exact) mass is 292 g/mol. The molecule has 0 amide bonds. The average molecular weight is 292 g/mol. The minimum Gasteiger partial charge on any atom is -0.493 e. The number of nitrogens with zero attached hydrogens (tertiary/aromatic N) is 1. The van der Waals surface area contributed by atoms with Gasteiger partial charge in [-0.25, -0.2) is 0 Å². The number of benzene rings is 1. The second-order valence-electron chi connectivity index (χ2n) is 4.53. The highest BCUT2D eigenvalue weighted by Gasteiger charge is 2.09. The Hall–Kier alpha value is -2.05. The lowest BCUT2D eigenvalue weighted by Gasteiger charge is -2.11. The van der Waals surface area contributed by atoms with E-state index in [-0.39, 0.29) is 0 Å². The number of hydrogen-bond acceptors (Lipinski definition) is 6. The molecule has 0 fully saturated rings. The summed E-state index contributed by atoms with van der Waals surface area (Å²) in [6.45, 7) is 1.29. The van der Waals surface area contributed by atoms with E-state index >= 15 is 0 Å². The van der Waals surface area contributed by atoms with Gasteiger partial charge in [-0.15, -0.1) is 0 Å². The zero-order chi connectivity index (χ0) is 15.1. The van der Waals surface area contributed by atoms with Crippen molar-refractivity contribution in [1.82, 2.24) is 5.16 Å². The van der Waals surface area contributed by atoms with Gasteiger partial charge in [0, 0.05) is 13.2 Å². The highest BCUT2D eigenvalue weighted by molar-refractivity contribution is 5.43. The first-order valence-corrected chi connectivity index (χ1v) is 6.70. The number of rotatable bonds is 8. The van der Waals surface area contributed by atoms with Gasteiger partial charge in [0.1, 0.15) is 18.9 Å². The van der Waals surface area contributed by atoms with Crippen molar-refractivity contribution < 1.29 is 18.7 Å². The molecule has 0 aliphatic heterocycles. The van der Waals surface area contributed by atoms with E-state index in [0.29, 0.717) is 42.7 Å². The summed E-state index contributed by atoms with van der Waals surface area (Å²) in [4.78, 5) is 0. The molecular formula is C15H20N2O4. The zero-order valence-electron chi connectivity index (χ0n) is 12.3. The Bertz CT molecular complexity index is 569. The third-order valence-corrected chi connectivity index (χ3v) is 2.93. The quantitative estimate of drug-likeness (QED) is 0.800. The molecule has 0 radical (unpaired) electrons. The van der Waals surface area contributed by atoms with E-state index in [9.17, 15) is 0 Å². The Balaban J connectivity index is 2.04. The maximum atomic E-state index is 5.76. The van der Waals surface area contributed by atoms with Crippen molar-refractivity contribution in [3.63, 3.8) is 0 Å². The first-order chi connectivity index (χ1) is 10.3. The topological polar surface area (TPSA) is 79.7 Å². The van der Waals surface area contributed by atoms with Crippen LogP contribution in [-0.2, 0) is 24.4 Å². The van der Waals surface area contributed by atoms with Gasteiger partial charge in [0.05, 0.1) is 7.11 Å². The number of ether oxygens (including phenoxy) is 3. The summed E-state index contributed by atoms with van der Waals surface area (Å²) in [5, 5.41) is 3.92. The Labute approximate surface area is 123 Å². The van der Waals surface area contributed by atoms with Gasteiger partial charge in [0.15, 0.2) is 17.3 Å². The van der Waals surface area contributed by atoms with Gasteiger partial charge in [0.2, 0.25) is 0 Å². The number of nitrogens with two attached hydrogens (primary N) is 1. The fraction of sp³-hybridized carbons (Fsp3) is 0.400. The van der Waals surface area contributed by atoms with Crippen LogP contribution in [0.3, 0.4) is 0 Å². The summed E-state index contributed by atoms with van der Waals surface area (Å²) >= 11 is 0. The van der Waals surface area contributed by atoms with E-state index in [1.165, 1.54) is 0 Å². The lowest BCUT2D eigenvalue weighted by molar-refractivity contribution is 0.155. The maximum Gasteiger partial charge on any atom is 0.162 e. The van der Waals surface area contributed by atoms with Crippen LogP contribution in [0.5, 0.6) is 11.5 Å². The average Bonchev–Trinajstić information content (AvgIpc) is 2.94. The van der Waals surface area contributed by atoms with Gasteiger partial charge in [-0.3, -0.25) is 0 Å². The standard InChI is InChI=1S/C15H20N2O4/c1-18-10-13-8-12(17-21-13)9-20-15-7-11(5-6-16)3-4-14(15)19-2/h3-4,7-8H,5-6,9-10,16H2,1-2H3. The number of aromatic nitrogens is 1. The van der Waals surface area contributed by atoms with Crippen LogP contribution in [0.2, 0.25) is 0 Å². The molecule has 21 heavy (non-hydrogen) atoms. The zero-order valence-corrected chi connectivity index (χ0v) is 12.3. The Morgan fingerprint density at radius 3 is 2.71 bits per heavy atom. The van der Waals surface area contributed by atoms with Crippen molar-refractivity contribution in [2.45, 2.75) is 19.6 Å². The molecule has 0 saturated heterocycles. The first kappa shape index (κ1) is 15.3. The largest absolute Gasteiger partial charge is 0.493 e. The fourth-order valence-corrected chi connectivity index (χ4v) is 1.94. The summed E-state index contributed by atoms with van der Waals surface area (Å²) in [6, 6.07) is 7.59. The molecule has 2 N–H and O–H groups in total. The second kappa shape index (κ2) is 7.66. The van der Waals surface area contributed by atoms with Crippen molar-refractivity contribution in [1.29, 1.82) is 0 Å². The Morgan fingerprint density at radius 1 is 1.14 bits per heavy atom. The van der Waals surface area contributed by atoms with Crippen molar-refractivity contribution >= 4 is 0 Å². The van der Waals surface area contributed by atoms with E-state index in [0.717, 1.165) is 12.0 Å². The summed E-state index contributed by atoms with van der Waals surface area (Å²) < 4.78 is 21.1. The summed E-state index contributed by atoms with van der Waals surface area (Å²) in [5.74, 6) is 2.01. The van der Waals surface area contributed by atoms with Gasteiger partial charge in [-0.1, -0.05) is 11.2 Å². The Kier molecular flexibility index (Phi) is 5.59. The highest BCUT2D eigenvalue weighted by Crippen LogP contribution is 2.29. The van der Waals surface area contributed by atoms with Crippen LogP contribution in [0.4, 0.5) is 0 Å². The molecule has 0 bridgehead atoms. The third kappa shape index (κ3) is 4.21. The lowest BCUT2D eigenvalue weighted by atomic mass is 10.1. The van der Waals surface area contributed by atoms with Crippen molar-refractivity contribution in [3.05, 3.63) is 41.3 Å². The van der Waals surface area contributed by atoms with E-state index in [1.54, 1.807) is 20.3 Å².